The van der Waals surface area contributed by atoms with Gasteiger partial charge in [0.25, 0.3) is 0 Å². The number of rotatable bonds is 6. The van der Waals surface area contributed by atoms with Gasteiger partial charge in [0.05, 0.1) is 6.04 Å². The Bertz CT molecular complexity index is 806. The first-order chi connectivity index (χ1) is 12.0. The average Bonchev–Trinajstić information content (AvgIpc) is 3.11. The summed E-state index contributed by atoms with van der Waals surface area (Å²) in [4.78, 5) is 6.81. The van der Waals surface area contributed by atoms with Gasteiger partial charge in [-0.3, -0.25) is 4.90 Å². The maximum absolute atomic E-state index is 12.3. The third kappa shape index (κ3) is 3.79. The molecule has 2 aromatic rings. The zero-order chi connectivity index (χ0) is 17.4. The van der Waals surface area contributed by atoms with Gasteiger partial charge in [0, 0.05) is 25.0 Å². The number of thiophene rings is 1. The number of likely N-dealkylation sites (tertiary alicyclic amines) is 1. The largest absolute Gasteiger partial charge is 0.338 e. The quantitative estimate of drug-likeness (QED) is 0.826. The first-order valence-corrected chi connectivity index (χ1v) is 11.0. The molecular formula is C16H22N4O3S2. The molecular weight excluding hydrogens is 360 g/mol. The molecule has 0 radical (unpaired) electrons. The minimum atomic E-state index is -3.40. The van der Waals surface area contributed by atoms with Crippen molar-refractivity contribution in [1.29, 1.82) is 0 Å². The summed E-state index contributed by atoms with van der Waals surface area (Å²) in [5.74, 6) is 1.99. The van der Waals surface area contributed by atoms with Crippen molar-refractivity contribution < 1.29 is 12.9 Å². The van der Waals surface area contributed by atoms with Crippen LogP contribution in [0.15, 0.2) is 26.2 Å². The van der Waals surface area contributed by atoms with Crippen LogP contribution in [0.5, 0.6) is 0 Å². The van der Waals surface area contributed by atoms with Crippen LogP contribution in [0.4, 0.5) is 0 Å². The van der Waals surface area contributed by atoms with Crippen molar-refractivity contribution in [1.82, 2.24) is 19.8 Å². The molecule has 4 rings (SSSR count). The van der Waals surface area contributed by atoms with Gasteiger partial charge in [-0.25, -0.2) is 13.1 Å². The minimum absolute atomic E-state index is 0.0275. The summed E-state index contributed by atoms with van der Waals surface area (Å²) in [6.45, 7) is 3.68. The van der Waals surface area contributed by atoms with E-state index in [0.29, 0.717) is 16.0 Å². The molecule has 1 atom stereocenters. The average molecular weight is 383 g/mol. The van der Waals surface area contributed by atoms with Gasteiger partial charge in [0.15, 0.2) is 5.82 Å². The van der Waals surface area contributed by atoms with Gasteiger partial charge < -0.3 is 4.52 Å². The molecule has 7 nitrogen and oxygen atoms in total. The van der Waals surface area contributed by atoms with Crippen molar-refractivity contribution >= 4 is 21.4 Å². The zero-order valence-corrected chi connectivity index (χ0v) is 15.7. The summed E-state index contributed by atoms with van der Waals surface area (Å²) < 4.78 is 33.3. The van der Waals surface area contributed by atoms with Crippen molar-refractivity contribution in [2.24, 2.45) is 0 Å². The molecule has 1 saturated heterocycles. The highest BCUT2D eigenvalue weighted by atomic mass is 32.2. The summed E-state index contributed by atoms with van der Waals surface area (Å²) in [6, 6.07) is 3.43. The lowest BCUT2D eigenvalue weighted by Crippen LogP contribution is -2.45. The summed E-state index contributed by atoms with van der Waals surface area (Å²) in [5, 5.41) is 5.86. The minimum Gasteiger partial charge on any atom is -0.338 e. The first-order valence-electron chi connectivity index (χ1n) is 8.66. The molecule has 2 aromatic heterocycles. The lowest BCUT2D eigenvalue weighted by Gasteiger charge is -2.34. The molecule has 0 unspecified atom stereocenters. The molecule has 9 heteroatoms. The molecule has 1 aliphatic heterocycles. The number of sulfonamides is 1. The van der Waals surface area contributed by atoms with E-state index in [9.17, 15) is 8.42 Å². The van der Waals surface area contributed by atoms with Crippen molar-refractivity contribution in [3.8, 4) is 0 Å². The molecule has 1 saturated carbocycles. The predicted octanol–water partition coefficient (Wildman–Crippen LogP) is 2.51. The monoisotopic (exact) mass is 382 g/mol. The van der Waals surface area contributed by atoms with Crippen LogP contribution in [-0.4, -0.2) is 42.6 Å². The first kappa shape index (κ1) is 17.1. The van der Waals surface area contributed by atoms with E-state index in [4.69, 9.17) is 4.52 Å². The van der Waals surface area contributed by atoms with Crippen molar-refractivity contribution in [3.05, 3.63) is 29.2 Å². The molecule has 0 aromatic carbocycles. The molecule has 2 fully saturated rings. The molecule has 2 aliphatic rings. The van der Waals surface area contributed by atoms with Crippen LogP contribution in [0.3, 0.4) is 0 Å². The highest BCUT2D eigenvalue weighted by Crippen LogP contribution is 2.38. The van der Waals surface area contributed by atoms with E-state index >= 15 is 0 Å². The smallest absolute Gasteiger partial charge is 0.250 e. The number of nitrogens with one attached hydrogen (secondary N) is 1. The van der Waals surface area contributed by atoms with Gasteiger partial charge >= 0.3 is 0 Å². The normalized spacial score (nSPS) is 21.5. The molecule has 0 amide bonds. The van der Waals surface area contributed by atoms with Crippen molar-refractivity contribution in [3.63, 3.8) is 0 Å². The number of nitrogens with zero attached hydrogens (tertiary/aromatic N) is 3. The summed E-state index contributed by atoms with van der Waals surface area (Å²) in [7, 11) is -3.40. The van der Waals surface area contributed by atoms with E-state index in [1.54, 1.807) is 17.5 Å². The Morgan fingerprint density at radius 1 is 1.32 bits per heavy atom. The standard InChI is InChI=1S/C16H22N4O3S2/c1-11(16-17-15(18-23-16)12-4-5-12)20-8-6-13(7-9-20)19-25(21,22)14-3-2-10-24-14/h2-3,10-13,19H,4-9H2,1H3/t11-/m0/s1. The van der Waals surface area contributed by atoms with Crippen molar-refractivity contribution in [2.75, 3.05) is 13.1 Å². The fraction of sp³-hybridized carbons (Fsp3) is 0.625. The van der Waals surface area contributed by atoms with Crippen LogP contribution in [0.25, 0.3) is 0 Å². The van der Waals surface area contributed by atoms with Gasteiger partial charge in [0.1, 0.15) is 4.21 Å². The lowest BCUT2D eigenvalue weighted by molar-refractivity contribution is 0.134. The fourth-order valence-corrected chi connectivity index (χ4v) is 5.49. The van der Waals surface area contributed by atoms with Crippen LogP contribution >= 0.6 is 11.3 Å². The highest BCUT2D eigenvalue weighted by Gasteiger charge is 2.32. The van der Waals surface area contributed by atoms with Gasteiger partial charge in [-0.2, -0.15) is 4.98 Å². The molecule has 0 spiro atoms. The molecule has 25 heavy (non-hydrogen) atoms. The van der Waals surface area contributed by atoms with E-state index in [1.165, 1.54) is 11.3 Å². The fourth-order valence-electron chi connectivity index (χ4n) is 3.18. The number of piperidine rings is 1. The lowest BCUT2D eigenvalue weighted by atomic mass is 10.0. The van der Waals surface area contributed by atoms with E-state index in [0.717, 1.165) is 44.6 Å². The maximum Gasteiger partial charge on any atom is 0.250 e. The molecule has 1 aliphatic carbocycles. The summed E-state index contributed by atoms with van der Waals surface area (Å²) in [5.41, 5.74) is 0. The van der Waals surface area contributed by atoms with E-state index in [-0.39, 0.29) is 12.1 Å². The van der Waals surface area contributed by atoms with Gasteiger partial charge in [-0.05, 0) is 44.1 Å². The zero-order valence-electron chi connectivity index (χ0n) is 14.1. The Hall–Kier alpha value is -1.29. The van der Waals surface area contributed by atoms with Crippen LogP contribution in [0, 0.1) is 0 Å². The SMILES string of the molecule is C[C@@H](c1nc(C2CC2)no1)N1CCC(NS(=O)(=O)c2cccs2)CC1. The Kier molecular flexibility index (Phi) is 4.65. The number of aromatic nitrogens is 2. The number of hydrogen-bond donors (Lipinski definition) is 1. The van der Waals surface area contributed by atoms with Crippen LogP contribution < -0.4 is 4.72 Å². The van der Waals surface area contributed by atoms with Gasteiger partial charge in [-0.1, -0.05) is 11.2 Å². The van der Waals surface area contributed by atoms with E-state index in [1.807, 2.05) is 0 Å². The van der Waals surface area contributed by atoms with Gasteiger partial charge in [-0.15, -0.1) is 11.3 Å². The van der Waals surface area contributed by atoms with E-state index in [2.05, 4.69) is 26.7 Å². The second-order valence-electron chi connectivity index (χ2n) is 6.80. The molecule has 1 N–H and O–H groups in total. The van der Waals surface area contributed by atoms with E-state index < -0.39 is 10.0 Å². The van der Waals surface area contributed by atoms with Gasteiger partial charge in [0.2, 0.25) is 15.9 Å². The Balaban J connectivity index is 1.33. The number of hydrogen-bond acceptors (Lipinski definition) is 7. The predicted molar refractivity (Wildman–Crippen MR) is 93.9 cm³/mol. The molecule has 0 bridgehead atoms. The topological polar surface area (TPSA) is 88.3 Å². The maximum atomic E-state index is 12.3. The molecule has 136 valence electrons. The Labute approximate surface area is 151 Å². The second-order valence-corrected chi connectivity index (χ2v) is 9.69. The Morgan fingerprint density at radius 2 is 2.08 bits per heavy atom. The van der Waals surface area contributed by atoms with Crippen molar-refractivity contribution in [2.45, 2.75) is 54.8 Å². The third-order valence-corrected chi connectivity index (χ3v) is 7.83. The second kappa shape index (κ2) is 6.79. The third-order valence-electron chi connectivity index (χ3n) is 4.92. The molecule has 3 heterocycles. The summed E-state index contributed by atoms with van der Waals surface area (Å²) in [6.07, 6.45) is 3.86. The highest BCUT2D eigenvalue weighted by molar-refractivity contribution is 7.91. The summed E-state index contributed by atoms with van der Waals surface area (Å²) >= 11 is 1.24. The van der Waals surface area contributed by atoms with Crippen LogP contribution in [0.1, 0.15) is 56.3 Å². The van der Waals surface area contributed by atoms with Crippen LogP contribution in [0.2, 0.25) is 0 Å². The van der Waals surface area contributed by atoms with Crippen LogP contribution in [-0.2, 0) is 10.0 Å². The Morgan fingerprint density at radius 3 is 2.72 bits per heavy atom.